The summed E-state index contributed by atoms with van der Waals surface area (Å²) in [5.74, 6) is 0.391. The Bertz CT molecular complexity index is 1170. The second kappa shape index (κ2) is 9.87. The van der Waals surface area contributed by atoms with E-state index in [2.05, 4.69) is 15.4 Å². The molecule has 0 fully saturated rings. The lowest BCUT2D eigenvalue weighted by Gasteiger charge is -2.11. The van der Waals surface area contributed by atoms with E-state index in [-0.39, 0.29) is 18.1 Å². The van der Waals surface area contributed by atoms with Crippen molar-refractivity contribution in [1.29, 1.82) is 0 Å². The van der Waals surface area contributed by atoms with Gasteiger partial charge in [-0.25, -0.2) is 4.39 Å². The van der Waals surface area contributed by atoms with Crippen molar-refractivity contribution in [2.45, 2.75) is 13.0 Å². The molecule has 1 amide bonds. The Morgan fingerprint density at radius 2 is 1.72 bits per heavy atom. The topological polar surface area (TPSA) is 69.0 Å². The summed E-state index contributed by atoms with van der Waals surface area (Å²) >= 11 is 0. The molecule has 2 heterocycles. The molecule has 4 aromatic rings. The zero-order chi connectivity index (χ0) is 22.3. The van der Waals surface area contributed by atoms with E-state index in [1.54, 1.807) is 37.8 Å². The number of nitrogens with one attached hydrogen (secondary N) is 1. The molecule has 0 aliphatic rings. The van der Waals surface area contributed by atoms with E-state index in [0.29, 0.717) is 13.1 Å². The summed E-state index contributed by atoms with van der Waals surface area (Å²) in [6.45, 7) is 0.896. The molecule has 0 aliphatic heterocycles. The third-order valence-corrected chi connectivity index (χ3v) is 5.12. The minimum atomic E-state index is -0.295. The molecular weight excluding hydrogens is 407 g/mol. The number of benzene rings is 2. The Morgan fingerprint density at radius 1 is 1.00 bits per heavy atom. The van der Waals surface area contributed by atoms with Crippen LogP contribution in [0.2, 0.25) is 0 Å². The van der Waals surface area contributed by atoms with Crippen molar-refractivity contribution in [1.82, 2.24) is 20.1 Å². The number of hydrogen-bond donors (Lipinski definition) is 1. The number of halogens is 1. The normalized spacial score (nSPS) is 10.7. The summed E-state index contributed by atoms with van der Waals surface area (Å²) in [7, 11) is 1.61. The lowest BCUT2D eigenvalue weighted by Crippen LogP contribution is -2.29. The van der Waals surface area contributed by atoms with Crippen LogP contribution in [-0.2, 0) is 17.8 Å². The van der Waals surface area contributed by atoms with Gasteiger partial charge in [-0.05, 0) is 59.7 Å². The van der Waals surface area contributed by atoms with Crippen LogP contribution in [0, 0.1) is 5.82 Å². The number of methoxy groups -OCH3 is 1. The number of hydrogen-bond acceptors (Lipinski definition) is 4. The van der Waals surface area contributed by atoms with E-state index in [0.717, 1.165) is 33.7 Å². The second-order valence-electron chi connectivity index (χ2n) is 7.25. The van der Waals surface area contributed by atoms with Gasteiger partial charge in [-0.15, -0.1) is 0 Å². The van der Waals surface area contributed by atoms with Crippen molar-refractivity contribution in [3.05, 3.63) is 90.6 Å². The van der Waals surface area contributed by atoms with Gasteiger partial charge in [0.1, 0.15) is 11.6 Å². The van der Waals surface area contributed by atoms with Crippen molar-refractivity contribution in [2.24, 2.45) is 0 Å². The van der Waals surface area contributed by atoms with Gasteiger partial charge in [0, 0.05) is 30.1 Å². The van der Waals surface area contributed by atoms with Crippen molar-refractivity contribution in [2.75, 3.05) is 13.7 Å². The average molecular weight is 430 g/mol. The Labute approximate surface area is 185 Å². The number of pyridine rings is 1. The largest absolute Gasteiger partial charge is 0.497 e. The van der Waals surface area contributed by atoms with Crippen molar-refractivity contribution in [3.63, 3.8) is 0 Å². The fraction of sp³-hybridized carbons (Fsp3) is 0.160. The average Bonchev–Trinajstić information content (AvgIpc) is 3.24. The molecule has 7 heteroatoms. The minimum Gasteiger partial charge on any atom is -0.497 e. The smallest absolute Gasteiger partial charge is 0.224 e. The number of rotatable bonds is 8. The van der Waals surface area contributed by atoms with E-state index < -0.39 is 0 Å². The van der Waals surface area contributed by atoms with Gasteiger partial charge in [0.15, 0.2) is 0 Å². The SMILES string of the molecule is COc1ccc(CC(=O)NCCn2ncc(-c3ccncc3)c2-c2ccc(F)cc2)cc1. The minimum absolute atomic E-state index is 0.0694. The van der Waals surface area contributed by atoms with E-state index in [4.69, 9.17) is 4.74 Å². The van der Waals surface area contributed by atoms with Crippen molar-refractivity contribution < 1.29 is 13.9 Å². The van der Waals surface area contributed by atoms with Crippen molar-refractivity contribution in [3.8, 4) is 28.1 Å². The van der Waals surface area contributed by atoms with Gasteiger partial charge in [-0.2, -0.15) is 5.10 Å². The molecule has 0 spiro atoms. The van der Waals surface area contributed by atoms with Crippen LogP contribution in [0.5, 0.6) is 5.75 Å². The first-order valence-corrected chi connectivity index (χ1v) is 10.3. The third kappa shape index (κ3) is 5.00. The maximum Gasteiger partial charge on any atom is 0.224 e. The quantitative estimate of drug-likeness (QED) is 0.457. The van der Waals surface area contributed by atoms with E-state index in [1.807, 2.05) is 41.1 Å². The Hall–Kier alpha value is -4.00. The maximum absolute atomic E-state index is 13.5. The zero-order valence-electron chi connectivity index (χ0n) is 17.7. The Kier molecular flexibility index (Phi) is 6.55. The number of aromatic nitrogens is 3. The molecule has 0 radical (unpaired) electrons. The number of carbonyl (C=O) groups is 1. The molecule has 0 saturated carbocycles. The van der Waals surface area contributed by atoms with Crippen LogP contribution in [0.1, 0.15) is 5.56 Å². The maximum atomic E-state index is 13.5. The van der Waals surface area contributed by atoms with E-state index >= 15 is 0 Å². The molecule has 0 bridgehead atoms. The molecule has 0 atom stereocenters. The monoisotopic (exact) mass is 430 g/mol. The third-order valence-electron chi connectivity index (χ3n) is 5.12. The second-order valence-corrected chi connectivity index (χ2v) is 7.25. The number of carbonyl (C=O) groups excluding carboxylic acids is 1. The zero-order valence-corrected chi connectivity index (χ0v) is 17.7. The standard InChI is InChI=1S/C25H23FN4O2/c1-32-22-8-2-18(3-9-22)16-24(31)28-14-15-30-25(20-4-6-21(26)7-5-20)23(17-29-30)19-10-12-27-13-11-19/h2-13,17H,14-16H2,1H3,(H,28,31). The molecule has 0 aliphatic carbocycles. The van der Waals surface area contributed by atoms with E-state index in [9.17, 15) is 9.18 Å². The molecule has 1 N–H and O–H groups in total. The first-order chi connectivity index (χ1) is 15.6. The van der Waals surface area contributed by atoms with Crippen LogP contribution in [0.4, 0.5) is 4.39 Å². The van der Waals surface area contributed by atoms with Crippen LogP contribution in [0.15, 0.2) is 79.3 Å². The predicted molar refractivity (Wildman–Crippen MR) is 121 cm³/mol. The molecule has 2 aromatic heterocycles. The van der Waals surface area contributed by atoms with Gasteiger partial charge < -0.3 is 10.1 Å². The summed E-state index contributed by atoms with van der Waals surface area (Å²) in [6, 6.07) is 17.6. The first kappa shape index (κ1) is 21.2. The first-order valence-electron chi connectivity index (χ1n) is 10.3. The van der Waals surface area contributed by atoms with Crippen molar-refractivity contribution >= 4 is 5.91 Å². The molecule has 32 heavy (non-hydrogen) atoms. The van der Waals surface area contributed by atoms with Crippen LogP contribution < -0.4 is 10.1 Å². The molecule has 6 nitrogen and oxygen atoms in total. The molecule has 0 saturated heterocycles. The van der Waals surface area contributed by atoms with Gasteiger partial charge in [0.25, 0.3) is 0 Å². The summed E-state index contributed by atoms with van der Waals surface area (Å²) in [4.78, 5) is 16.4. The highest BCUT2D eigenvalue weighted by molar-refractivity contribution is 5.81. The highest BCUT2D eigenvalue weighted by atomic mass is 19.1. The highest BCUT2D eigenvalue weighted by Gasteiger charge is 2.15. The molecule has 0 unspecified atom stereocenters. The summed E-state index contributed by atoms with van der Waals surface area (Å²) in [5.41, 5.74) is 4.51. The van der Waals surface area contributed by atoms with Gasteiger partial charge in [-0.3, -0.25) is 14.5 Å². The van der Waals surface area contributed by atoms with Crippen LogP contribution in [-0.4, -0.2) is 34.3 Å². The summed E-state index contributed by atoms with van der Waals surface area (Å²) in [6.07, 6.45) is 5.52. The van der Waals surface area contributed by atoms with Crippen LogP contribution >= 0.6 is 0 Å². The number of ether oxygens (including phenoxy) is 1. The molecular formula is C25H23FN4O2. The fourth-order valence-corrected chi connectivity index (χ4v) is 3.50. The molecule has 162 valence electrons. The van der Waals surface area contributed by atoms with Gasteiger partial charge in [-0.1, -0.05) is 12.1 Å². The van der Waals surface area contributed by atoms with Gasteiger partial charge >= 0.3 is 0 Å². The lowest BCUT2D eigenvalue weighted by molar-refractivity contribution is -0.120. The van der Waals surface area contributed by atoms with Gasteiger partial charge in [0.05, 0.1) is 32.0 Å². The number of amides is 1. The molecule has 4 rings (SSSR count). The van der Waals surface area contributed by atoms with Gasteiger partial charge in [0.2, 0.25) is 5.91 Å². The Balaban J connectivity index is 1.47. The van der Waals surface area contributed by atoms with Crippen LogP contribution in [0.25, 0.3) is 22.4 Å². The fourth-order valence-electron chi connectivity index (χ4n) is 3.50. The molecule has 2 aromatic carbocycles. The number of nitrogens with zero attached hydrogens (tertiary/aromatic N) is 3. The summed E-state index contributed by atoms with van der Waals surface area (Å²) < 4.78 is 20.5. The predicted octanol–water partition coefficient (Wildman–Crippen LogP) is 4.12. The summed E-state index contributed by atoms with van der Waals surface area (Å²) in [5, 5.41) is 7.47. The lowest BCUT2D eigenvalue weighted by atomic mass is 10.0. The highest BCUT2D eigenvalue weighted by Crippen LogP contribution is 2.31. The Morgan fingerprint density at radius 3 is 2.41 bits per heavy atom. The van der Waals surface area contributed by atoms with E-state index in [1.165, 1.54) is 12.1 Å². The van der Waals surface area contributed by atoms with Crippen LogP contribution in [0.3, 0.4) is 0 Å².